The van der Waals surface area contributed by atoms with Gasteiger partial charge in [0.25, 0.3) is 0 Å². The van der Waals surface area contributed by atoms with Gasteiger partial charge in [-0.1, -0.05) is 12.1 Å². The van der Waals surface area contributed by atoms with Gasteiger partial charge in [0.15, 0.2) is 11.5 Å². The largest absolute Gasteiger partial charge is 0.493 e. The average molecular weight is 388 g/mol. The molecule has 2 heterocycles. The van der Waals surface area contributed by atoms with E-state index in [1.165, 1.54) is 31.6 Å². The number of nitrogens with zero attached hydrogens (tertiary/aromatic N) is 3. The number of alkyl halides is 2. The van der Waals surface area contributed by atoms with Crippen LogP contribution in [0.15, 0.2) is 54.9 Å². The van der Waals surface area contributed by atoms with Crippen LogP contribution in [-0.2, 0) is 0 Å². The van der Waals surface area contributed by atoms with E-state index in [1.807, 2.05) is 0 Å². The van der Waals surface area contributed by atoms with Gasteiger partial charge in [0.1, 0.15) is 18.2 Å². The molecular formula is C19H15F3N4O2. The zero-order chi connectivity index (χ0) is 19.7. The monoisotopic (exact) mass is 388 g/mol. The Morgan fingerprint density at radius 1 is 1.14 bits per heavy atom. The zero-order valence-corrected chi connectivity index (χ0v) is 14.6. The van der Waals surface area contributed by atoms with Crippen LogP contribution in [0.2, 0.25) is 0 Å². The molecule has 1 atom stereocenters. The van der Waals surface area contributed by atoms with Crippen molar-refractivity contribution in [3.05, 3.63) is 71.8 Å². The van der Waals surface area contributed by atoms with Gasteiger partial charge in [-0.2, -0.15) is 18.9 Å². The van der Waals surface area contributed by atoms with E-state index in [0.717, 1.165) is 0 Å². The Morgan fingerprint density at radius 3 is 2.64 bits per heavy atom. The van der Waals surface area contributed by atoms with E-state index in [1.54, 1.807) is 35.0 Å². The van der Waals surface area contributed by atoms with E-state index >= 15 is 0 Å². The SMILES string of the molecule is COc1cccc([C@H]2C=C(c3ccc(F)cc3)Nc3ncnn32)c1OC(F)F. The van der Waals surface area contributed by atoms with Gasteiger partial charge in [-0.25, -0.2) is 9.07 Å². The van der Waals surface area contributed by atoms with Crippen molar-refractivity contribution in [1.82, 2.24) is 14.8 Å². The summed E-state index contributed by atoms with van der Waals surface area (Å²) in [5, 5.41) is 7.30. The summed E-state index contributed by atoms with van der Waals surface area (Å²) < 4.78 is 50.8. The molecule has 0 saturated carbocycles. The van der Waals surface area contributed by atoms with Crippen molar-refractivity contribution in [2.75, 3.05) is 12.4 Å². The van der Waals surface area contributed by atoms with Gasteiger partial charge >= 0.3 is 6.61 Å². The van der Waals surface area contributed by atoms with Crippen LogP contribution in [0.5, 0.6) is 11.5 Å². The number of allylic oxidation sites excluding steroid dienone is 1. The van der Waals surface area contributed by atoms with Crippen LogP contribution in [0.1, 0.15) is 17.2 Å². The minimum atomic E-state index is -3.02. The first kappa shape index (κ1) is 17.9. The second-order valence-corrected chi connectivity index (χ2v) is 5.94. The highest BCUT2D eigenvalue weighted by atomic mass is 19.3. The number of methoxy groups -OCH3 is 1. The summed E-state index contributed by atoms with van der Waals surface area (Å²) in [7, 11) is 1.38. The third-order valence-electron chi connectivity index (χ3n) is 4.32. The number of ether oxygens (including phenoxy) is 2. The van der Waals surface area contributed by atoms with Crippen LogP contribution in [-0.4, -0.2) is 28.5 Å². The molecular weight excluding hydrogens is 373 g/mol. The van der Waals surface area contributed by atoms with Gasteiger partial charge < -0.3 is 14.8 Å². The van der Waals surface area contributed by atoms with Crippen LogP contribution >= 0.6 is 0 Å². The molecule has 0 fully saturated rings. The van der Waals surface area contributed by atoms with Gasteiger partial charge in [-0.15, -0.1) is 0 Å². The minimum Gasteiger partial charge on any atom is -0.493 e. The fourth-order valence-corrected chi connectivity index (χ4v) is 3.09. The molecule has 4 rings (SSSR count). The first-order valence-corrected chi connectivity index (χ1v) is 8.33. The van der Waals surface area contributed by atoms with Crippen LogP contribution < -0.4 is 14.8 Å². The van der Waals surface area contributed by atoms with E-state index in [2.05, 4.69) is 15.4 Å². The van der Waals surface area contributed by atoms with E-state index in [4.69, 9.17) is 9.47 Å². The molecule has 0 aliphatic carbocycles. The standard InChI is InChI=1S/C19H15F3N4O2/c1-27-16-4-2-3-13(17(16)28-18(21)22)15-9-14(11-5-7-12(20)8-6-11)25-19-23-10-24-26(15)19/h2-10,15,18H,1H3,(H,23,24,25)/t15-/m1/s1. The van der Waals surface area contributed by atoms with Gasteiger partial charge in [0.2, 0.25) is 5.95 Å². The molecule has 1 N–H and O–H groups in total. The fraction of sp³-hybridized carbons (Fsp3) is 0.158. The first-order valence-electron chi connectivity index (χ1n) is 8.33. The molecule has 1 aliphatic rings. The van der Waals surface area contributed by atoms with Crippen molar-refractivity contribution in [1.29, 1.82) is 0 Å². The summed E-state index contributed by atoms with van der Waals surface area (Å²) >= 11 is 0. The summed E-state index contributed by atoms with van der Waals surface area (Å²) in [6.45, 7) is -3.02. The van der Waals surface area contributed by atoms with Gasteiger partial charge in [0.05, 0.1) is 7.11 Å². The molecule has 0 bridgehead atoms. The Morgan fingerprint density at radius 2 is 1.93 bits per heavy atom. The molecule has 28 heavy (non-hydrogen) atoms. The first-order chi connectivity index (χ1) is 13.6. The maximum Gasteiger partial charge on any atom is 0.387 e. The number of nitrogens with one attached hydrogen (secondary N) is 1. The van der Waals surface area contributed by atoms with E-state index in [9.17, 15) is 13.2 Å². The van der Waals surface area contributed by atoms with Crippen LogP contribution in [0.4, 0.5) is 19.1 Å². The maximum atomic E-state index is 13.3. The second kappa shape index (κ2) is 7.26. The number of fused-ring (bicyclic) bond motifs is 1. The maximum absolute atomic E-state index is 13.3. The van der Waals surface area contributed by atoms with E-state index in [-0.39, 0.29) is 17.3 Å². The molecule has 1 aliphatic heterocycles. The van der Waals surface area contributed by atoms with E-state index < -0.39 is 12.7 Å². The molecule has 9 heteroatoms. The van der Waals surface area contributed by atoms with Crippen molar-refractivity contribution in [2.45, 2.75) is 12.7 Å². The number of para-hydroxylation sites is 1. The number of rotatable bonds is 5. The molecule has 2 aromatic carbocycles. The minimum absolute atomic E-state index is 0.0805. The molecule has 3 aromatic rings. The van der Waals surface area contributed by atoms with Crippen LogP contribution in [0, 0.1) is 5.82 Å². The van der Waals surface area contributed by atoms with Gasteiger partial charge in [-0.3, -0.25) is 0 Å². The Labute approximate surface area is 158 Å². The third kappa shape index (κ3) is 3.26. The lowest BCUT2D eigenvalue weighted by atomic mass is 10.0. The normalized spacial score (nSPS) is 15.6. The molecule has 144 valence electrons. The smallest absolute Gasteiger partial charge is 0.387 e. The van der Waals surface area contributed by atoms with Crippen molar-refractivity contribution in [3.8, 4) is 11.5 Å². The lowest BCUT2D eigenvalue weighted by molar-refractivity contribution is -0.0520. The molecule has 6 nitrogen and oxygen atoms in total. The zero-order valence-electron chi connectivity index (χ0n) is 14.6. The molecule has 0 radical (unpaired) electrons. The Bertz CT molecular complexity index is 1020. The molecule has 0 saturated heterocycles. The molecule has 0 unspecified atom stereocenters. The molecule has 1 aromatic heterocycles. The predicted molar refractivity (Wildman–Crippen MR) is 95.8 cm³/mol. The number of aromatic nitrogens is 3. The highest BCUT2D eigenvalue weighted by Crippen LogP contribution is 2.41. The van der Waals surface area contributed by atoms with Crippen LogP contribution in [0.25, 0.3) is 5.70 Å². The van der Waals surface area contributed by atoms with Crippen molar-refractivity contribution in [3.63, 3.8) is 0 Å². The third-order valence-corrected chi connectivity index (χ3v) is 4.32. The topological polar surface area (TPSA) is 61.2 Å². The Hall–Kier alpha value is -3.49. The molecule has 0 amide bonds. The summed E-state index contributed by atoms with van der Waals surface area (Å²) in [6.07, 6.45) is 3.13. The van der Waals surface area contributed by atoms with Crippen molar-refractivity contribution >= 4 is 11.6 Å². The number of benzene rings is 2. The molecule has 0 spiro atoms. The number of anilines is 1. The van der Waals surface area contributed by atoms with Crippen molar-refractivity contribution < 1.29 is 22.6 Å². The quantitative estimate of drug-likeness (QED) is 0.714. The number of hydrogen-bond donors (Lipinski definition) is 1. The van der Waals surface area contributed by atoms with E-state index in [0.29, 0.717) is 22.8 Å². The lowest BCUT2D eigenvalue weighted by Gasteiger charge is -2.26. The summed E-state index contributed by atoms with van der Waals surface area (Å²) in [6, 6.07) is 10.2. The van der Waals surface area contributed by atoms with Gasteiger partial charge in [0, 0.05) is 11.3 Å². The summed E-state index contributed by atoms with van der Waals surface area (Å²) in [5.41, 5.74) is 1.77. The number of hydrogen-bond acceptors (Lipinski definition) is 5. The van der Waals surface area contributed by atoms with Crippen LogP contribution in [0.3, 0.4) is 0 Å². The Kier molecular flexibility index (Phi) is 4.64. The summed E-state index contributed by atoms with van der Waals surface area (Å²) in [4.78, 5) is 4.16. The van der Waals surface area contributed by atoms with Gasteiger partial charge in [-0.05, 0) is 42.0 Å². The summed E-state index contributed by atoms with van der Waals surface area (Å²) in [5.74, 6) is 0.149. The highest BCUT2D eigenvalue weighted by molar-refractivity contribution is 5.77. The second-order valence-electron chi connectivity index (χ2n) is 5.94. The van der Waals surface area contributed by atoms with Crippen molar-refractivity contribution in [2.24, 2.45) is 0 Å². The Balaban J connectivity index is 1.85. The lowest BCUT2D eigenvalue weighted by Crippen LogP contribution is -2.21. The predicted octanol–water partition coefficient (Wildman–Crippen LogP) is 4.08. The highest BCUT2D eigenvalue weighted by Gasteiger charge is 2.28. The fourth-order valence-electron chi connectivity index (χ4n) is 3.09. The number of halogens is 3. The average Bonchev–Trinajstić information content (AvgIpc) is 3.16.